The van der Waals surface area contributed by atoms with Crippen molar-refractivity contribution in [3.8, 4) is 0 Å². The molecule has 0 aliphatic carbocycles. The Morgan fingerprint density at radius 3 is 2.55 bits per heavy atom. The van der Waals surface area contributed by atoms with Gasteiger partial charge in [-0.05, 0) is 76.7 Å². The molecule has 0 bridgehead atoms. The number of anilines is 1. The Morgan fingerprint density at radius 2 is 1.82 bits per heavy atom. The quantitative estimate of drug-likeness (QED) is 0.402. The van der Waals surface area contributed by atoms with Crippen LogP contribution in [-0.2, 0) is 0 Å². The zero-order valence-corrected chi connectivity index (χ0v) is 24.3. The van der Waals surface area contributed by atoms with Crippen LogP contribution in [0, 0.1) is 17.8 Å². The number of nitrogens with one attached hydrogen (secondary N) is 1. The van der Waals surface area contributed by atoms with E-state index in [4.69, 9.17) is 4.98 Å². The molecule has 40 heavy (non-hydrogen) atoms. The number of rotatable bonds is 5. The van der Waals surface area contributed by atoms with E-state index in [1.54, 1.807) is 6.20 Å². The number of carbonyl (C=O) groups is 1. The zero-order valence-electron chi connectivity index (χ0n) is 23.5. The maximum absolute atomic E-state index is 13.9. The molecule has 3 aliphatic rings. The van der Waals surface area contributed by atoms with Crippen molar-refractivity contribution in [3.63, 3.8) is 0 Å². The molecular formula is C30H37N7O2S. The second-order valence-corrected chi connectivity index (χ2v) is 13.3. The third-order valence-corrected chi connectivity index (χ3v) is 10.4. The molecule has 3 aromatic heterocycles. The van der Waals surface area contributed by atoms with Crippen molar-refractivity contribution in [1.29, 1.82) is 0 Å². The van der Waals surface area contributed by atoms with E-state index in [9.17, 15) is 9.59 Å². The third-order valence-electron chi connectivity index (χ3n) is 9.28. The summed E-state index contributed by atoms with van der Waals surface area (Å²) in [5, 5.41) is 3.51. The highest BCUT2D eigenvalue weighted by Gasteiger charge is 2.39. The van der Waals surface area contributed by atoms with E-state index in [1.165, 1.54) is 11.3 Å². The predicted octanol–water partition coefficient (Wildman–Crippen LogP) is 3.31. The van der Waals surface area contributed by atoms with Gasteiger partial charge in [0, 0.05) is 45.0 Å². The van der Waals surface area contributed by atoms with E-state index in [0.29, 0.717) is 52.2 Å². The number of para-hydroxylation sites is 1. The topological polar surface area (TPSA) is 86.1 Å². The molecule has 1 amide bonds. The molecule has 4 aromatic rings. The molecule has 2 unspecified atom stereocenters. The van der Waals surface area contributed by atoms with E-state index in [0.717, 1.165) is 62.3 Å². The summed E-state index contributed by atoms with van der Waals surface area (Å²) in [4.78, 5) is 45.0. The lowest BCUT2D eigenvalue weighted by molar-refractivity contribution is 0.0930. The SMILES string of the molecule is CC(C)N1CCC(CNC(=O)c2c(=O)c3cnc(N4CC5CN(C)CC5C4)nc3n3c2sc2ccccc23)CC1. The minimum atomic E-state index is -0.303. The average Bonchev–Trinajstić information content (AvgIpc) is 3.63. The number of piperidine rings is 1. The first-order chi connectivity index (χ1) is 19.4. The summed E-state index contributed by atoms with van der Waals surface area (Å²) in [7, 11) is 2.18. The summed E-state index contributed by atoms with van der Waals surface area (Å²) < 4.78 is 3.02. The molecule has 1 aromatic carbocycles. The Balaban J connectivity index is 1.24. The smallest absolute Gasteiger partial charge is 0.258 e. The van der Waals surface area contributed by atoms with E-state index in [2.05, 4.69) is 45.9 Å². The molecule has 10 heteroatoms. The maximum atomic E-state index is 13.9. The van der Waals surface area contributed by atoms with Crippen molar-refractivity contribution in [2.45, 2.75) is 32.7 Å². The molecule has 0 radical (unpaired) electrons. The van der Waals surface area contributed by atoms with Crippen molar-refractivity contribution in [1.82, 2.24) is 29.5 Å². The van der Waals surface area contributed by atoms with Crippen LogP contribution in [-0.4, -0.2) is 89.0 Å². The summed E-state index contributed by atoms with van der Waals surface area (Å²) in [6, 6.07) is 8.59. The van der Waals surface area contributed by atoms with Crippen molar-refractivity contribution in [2.75, 3.05) is 57.8 Å². The van der Waals surface area contributed by atoms with Crippen LogP contribution in [0.5, 0.6) is 0 Å². The molecule has 7 rings (SSSR count). The number of aromatic nitrogens is 3. The molecule has 0 spiro atoms. The molecule has 3 saturated heterocycles. The summed E-state index contributed by atoms with van der Waals surface area (Å²) in [5.74, 6) is 2.03. The van der Waals surface area contributed by atoms with Gasteiger partial charge >= 0.3 is 0 Å². The van der Waals surface area contributed by atoms with Crippen molar-refractivity contribution < 1.29 is 4.79 Å². The first-order valence-corrected chi connectivity index (χ1v) is 15.4. The van der Waals surface area contributed by atoms with Crippen LogP contribution in [0.3, 0.4) is 0 Å². The Bertz CT molecular complexity index is 1640. The van der Waals surface area contributed by atoms with Gasteiger partial charge in [0.15, 0.2) is 5.65 Å². The average molecular weight is 560 g/mol. The number of hydrogen-bond acceptors (Lipinski definition) is 8. The fourth-order valence-electron chi connectivity index (χ4n) is 7.03. The molecule has 3 aliphatic heterocycles. The minimum Gasteiger partial charge on any atom is -0.352 e. The molecule has 0 saturated carbocycles. The molecule has 210 valence electrons. The molecule has 1 N–H and O–H groups in total. The first kappa shape index (κ1) is 25.9. The lowest BCUT2D eigenvalue weighted by Gasteiger charge is -2.34. The van der Waals surface area contributed by atoms with E-state index in [-0.39, 0.29) is 16.9 Å². The fraction of sp³-hybridized carbons (Fsp3) is 0.533. The number of hydrogen-bond donors (Lipinski definition) is 1. The number of pyridine rings is 1. The van der Waals surface area contributed by atoms with Gasteiger partial charge in [-0.2, -0.15) is 4.98 Å². The predicted molar refractivity (Wildman–Crippen MR) is 161 cm³/mol. The van der Waals surface area contributed by atoms with Crippen molar-refractivity contribution >= 4 is 49.3 Å². The second kappa shape index (κ2) is 10.1. The Kier molecular flexibility index (Phi) is 6.52. The van der Waals surface area contributed by atoms with E-state index >= 15 is 0 Å². The van der Waals surface area contributed by atoms with Crippen molar-refractivity contribution in [3.05, 3.63) is 46.2 Å². The first-order valence-electron chi connectivity index (χ1n) is 14.6. The van der Waals surface area contributed by atoms with Crippen LogP contribution < -0.4 is 15.6 Å². The van der Waals surface area contributed by atoms with E-state index < -0.39 is 0 Å². The van der Waals surface area contributed by atoms with Gasteiger partial charge in [0.05, 0.1) is 15.6 Å². The molecule has 6 heterocycles. The monoisotopic (exact) mass is 559 g/mol. The highest BCUT2D eigenvalue weighted by atomic mass is 32.1. The van der Waals surface area contributed by atoms with Crippen LogP contribution in [0.25, 0.3) is 26.1 Å². The molecular weight excluding hydrogens is 522 g/mol. The van der Waals surface area contributed by atoms with Crippen LogP contribution in [0.4, 0.5) is 5.95 Å². The number of thiazole rings is 1. The lowest BCUT2D eigenvalue weighted by Crippen LogP contribution is -2.42. The molecule has 9 nitrogen and oxygen atoms in total. The molecule has 3 fully saturated rings. The summed E-state index contributed by atoms with van der Waals surface area (Å²) in [6.45, 7) is 11.2. The van der Waals surface area contributed by atoms with Gasteiger partial charge in [0.25, 0.3) is 5.91 Å². The van der Waals surface area contributed by atoms with E-state index in [1.807, 2.05) is 28.7 Å². The standard InChI is InChI=1S/C30H37N7O2S/c1-18(2)35-10-8-19(9-11-35)12-31-28(39)25-26(38)22-13-32-30(36-16-20-14-34(3)15-21(20)17-36)33-27(22)37-23-6-4-5-7-24(23)40-29(25)37/h4-7,13,18-21H,8-12,14-17H2,1-3H3,(H,31,39). The highest BCUT2D eigenvalue weighted by Crippen LogP contribution is 2.34. The highest BCUT2D eigenvalue weighted by molar-refractivity contribution is 7.24. The Labute approximate surface area is 237 Å². The molecule has 2 atom stereocenters. The maximum Gasteiger partial charge on any atom is 0.258 e. The number of amides is 1. The lowest BCUT2D eigenvalue weighted by atomic mass is 9.96. The fourth-order valence-corrected chi connectivity index (χ4v) is 8.21. The second-order valence-electron chi connectivity index (χ2n) is 12.3. The number of likely N-dealkylation sites (tertiary alicyclic amines) is 2. The van der Waals surface area contributed by atoms with Crippen LogP contribution in [0.1, 0.15) is 37.0 Å². The van der Waals surface area contributed by atoms with Gasteiger partial charge in [-0.1, -0.05) is 12.1 Å². The minimum absolute atomic E-state index is 0.198. The summed E-state index contributed by atoms with van der Waals surface area (Å²) in [6.07, 6.45) is 3.74. The number of carbonyl (C=O) groups excluding carboxylic acids is 1. The van der Waals surface area contributed by atoms with Crippen LogP contribution >= 0.6 is 11.3 Å². The Hall–Kier alpha value is -3.08. The van der Waals surface area contributed by atoms with Crippen LogP contribution in [0.15, 0.2) is 35.3 Å². The van der Waals surface area contributed by atoms with Gasteiger partial charge in [-0.3, -0.25) is 14.0 Å². The normalized spacial score (nSPS) is 22.8. The number of nitrogens with zero attached hydrogens (tertiary/aromatic N) is 6. The third kappa shape index (κ3) is 4.37. The van der Waals surface area contributed by atoms with Gasteiger partial charge in [-0.15, -0.1) is 11.3 Å². The van der Waals surface area contributed by atoms with Gasteiger partial charge in [0.1, 0.15) is 10.4 Å². The van der Waals surface area contributed by atoms with Gasteiger partial charge in [0.2, 0.25) is 11.4 Å². The summed E-state index contributed by atoms with van der Waals surface area (Å²) >= 11 is 1.48. The zero-order chi connectivity index (χ0) is 27.5. The number of fused-ring (bicyclic) bond motifs is 6. The Morgan fingerprint density at radius 1 is 1.10 bits per heavy atom. The van der Waals surface area contributed by atoms with Crippen molar-refractivity contribution in [2.24, 2.45) is 17.8 Å². The van der Waals surface area contributed by atoms with Crippen LogP contribution in [0.2, 0.25) is 0 Å². The largest absolute Gasteiger partial charge is 0.352 e. The van der Waals surface area contributed by atoms with Gasteiger partial charge in [-0.25, -0.2) is 4.98 Å². The number of benzene rings is 1. The summed E-state index contributed by atoms with van der Waals surface area (Å²) in [5.41, 5.74) is 1.44. The van der Waals surface area contributed by atoms with Gasteiger partial charge < -0.3 is 20.0 Å².